The molecule has 0 saturated heterocycles. The highest BCUT2D eigenvalue weighted by molar-refractivity contribution is 4.95. The van der Waals surface area contributed by atoms with E-state index in [0.29, 0.717) is 13.0 Å². The molecule has 110 valence electrons. The van der Waals surface area contributed by atoms with Crippen LogP contribution in [0, 0.1) is 0 Å². The van der Waals surface area contributed by atoms with Crippen molar-refractivity contribution in [3.63, 3.8) is 0 Å². The van der Waals surface area contributed by atoms with Crippen LogP contribution in [0.1, 0.15) is 32.0 Å². The Kier molecular flexibility index (Phi) is 4.83. The fraction of sp³-hybridized carbons (Fsp3) is 0.800. The van der Waals surface area contributed by atoms with Crippen molar-refractivity contribution in [2.75, 3.05) is 6.54 Å². The lowest BCUT2D eigenvalue weighted by molar-refractivity contribution is -0.297. The lowest BCUT2D eigenvalue weighted by Crippen LogP contribution is -2.34. The minimum Gasteiger partial charge on any atom is -0.419 e. The third-order valence-electron chi connectivity index (χ3n) is 2.21. The van der Waals surface area contributed by atoms with Crippen LogP contribution in [0.2, 0.25) is 0 Å². The van der Waals surface area contributed by atoms with Gasteiger partial charge in [-0.25, -0.2) is 0 Å². The van der Waals surface area contributed by atoms with Crippen molar-refractivity contribution in [2.45, 2.75) is 44.8 Å². The standard InChI is InChI=1S/C10H14F5N3O/c1-6(2)16-5-3-4-7-17-18-8(19-7)9(11,12)10(13,14)15/h6,16H,3-5H2,1-2H3. The van der Waals surface area contributed by atoms with Crippen LogP contribution in [-0.2, 0) is 12.3 Å². The fourth-order valence-electron chi connectivity index (χ4n) is 1.23. The van der Waals surface area contributed by atoms with E-state index in [1.807, 2.05) is 13.8 Å². The maximum atomic E-state index is 12.8. The van der Waals surface area contributed by atoms with E-state index < -0.39 is 18.0 Å². The smallest absolute Gasteiger partial charge is 0.419 e. The second kappa shape index (κ2) is 5.81. The third-order valence-corrected chi connectivity index (χ3v) is 2.21. The Morgan fingerprint density at radius 3 is 2.32 bits per heavy atom. The van der Waals surface area contributed by atoms with Gasteiger partial charge in [-0.1, -0.05) is 13.8 Å². The lowest BCUT2D eigenvalue weighted by atomic mass is 10.3. The van der Waals surface area contributed by atoms with Crippen molar-refractivity contribution >= 4 is 0 Å². The molecule has 0 aromatic carbocycles. The number of alkyl halides is 5. The van der Waals surface area contributed by atoms with Crippen LogP contribution in [0.3, 0.4) is 0 Å². The molecule has 19 heavy (non-hydrogen) atoms. The molecule has 4 nitrogen and oxygen atoms in total. The van der Waals surface area contributed by atoms with Gasteiger partial charge in [0.05, 0.1) is 0 Å². The molecule has 0 atom stereocenters. The molecule has 0 spiro atoms. The van der Waals surface area contributed by atoms with E-state index in [4.69, 9.17) is 0 Å². The Morgan fingerprint density at radius 2 is 1.79 bits per heavy atom. The normalized spacial score (nSPS) is 13.3. The third kappa shape index (κ3) is 4.12. The Hall–Kier alpha value is -1.25. The largest absolute Gasteiger partial charge is 0.463 e. The summed E-state index contributed by atoms with van der Waals surface area (Å²) < 4.78 is 66.1. The van der Waals surface area contributed by atoms with Gasteiger partial charge in [0.25, 0.3) is 5.89 Å². The summed E-state index contributed by atoms with van der Waals surface area (Å²) in [6.45, 7) is 4.43. The van der Waals surface area contributed by atoms with Crippen molar-refractivity contribution in [3.8, 4) is 0 Å². The van der Waals surface area contributed by atoms with Gasteiger partial charge in [-0.15, -0.1) is 10.2 Å². The number of aromatic nitrogens is 2. The van der Waals surface area contributed by atoms with Crippen LogP contribution in [0.25, 0.3) is 0 Å². The second-order valence-corrected chi connectivity index (χ2v) is 4.29. The van der Waals surface area contributed by atoms with Crippen LogP contribution in [0.4, 0.5) is 22.0 Å². The predicted molar refractivity (Wildman–Crippen MR) is 55.7 cm³/mol. The second-order valence-electron chi connectivity index (χ2n) is 4.29. The topological polar surface area (TPSA) is 51.0 Å². The van der Waals surface area contributed by atoms with Crippen molar-refractivity contribution in [2.24, 2.45) is 0 Å². The van der Waals surface area contributed by atoms with Crippen LogP contribution in [0.15, 0.2) is 4.42 Å². The van der Waals surface area contributed by atoms with Gasteiger partial charge in [-0.3, -0.25) is 0 Å². The fourth-order valence-corrected chi connectivity index (χ4v) is 1.23. The van der Waals surface area contributed by atoms with Gasteiger partial charge >= 0.3 is 12.1 Å². The van der Waals surface area contributed by atoms with E-state index in [1.165, 1.54) is 0 Å². The summed E-state index contributed by atoms with van der Waals surface area (Å²) >= 11 is 0. The van der Waals surface area contributed by atoms with Gasteiger partial charge in [-0.05, 0) is 13.0 Å². The first kappa shape index (κ1) is 15.8. The zero-order chi connectivity index (χ0) is 14.7. The van der Waals surface area contributed by atoms with E-state index in [0.717, 1.165) is 0 Å². The monoisotopic (exact) mass is 287 g/mol. The number of aryl methyl sites for hydroxylation is 1. The summed E-state index contributed by atoms with van der Waals surface area (Å²) in [5.41, 5.74) is 0. The summed E-state index contributed by atoms with van der Waals surface area (Å²) in [7, 11) is 0. The minimum absolute atomic E-state index is 0.140. The minimum atomic E-state index is -5.74. The van der Waals surface area contributed by atoms with Crippen molar-refractivity contribution < 1.29 is 26.4 Å². The van der Waals surface area contributed by atoms with Crippen LogP contribution >= 0.6 is 0 Å². The number of halogens is 5. The number of hydrogen-bond acceptors (Lipinski definition) is 4. The molecule has 0 aliphatic rings. The molecule has 1 heterocycles. The maximum Gasteiger partial charge on any atom is 0.463 e. The molecule has 0 aliphatic carbocycles. The van der Waals surface area contributed by atoms with Crippen LogP contribution < -0.4 is 5.32 Å². The van der Waals surface area contributed by atoms with E-state index in [-0.39, 0.29) is 18.4 Å². The van der Waals surface area contributed by atoms with Crippen molar-refractivity contribution in [1.82, 2.24) is 15.5 Å². The molecule has 1 N–H and O–H groups in total. The van der Waals surface area contributed by atoms with Crippen molar-refractivity contribution in [1.29, 1.82) is 0 Å². The van der Waals surface area contributed by atoms with E-state index in [2.05, 4.69) is 19.9 Å². The molecule has 0 saturated carbocycles. The van der Waals surface area contributed by atoms with Crippen LogP contribution in [-0.4, -0.2) is 29.0 Å². The Balaban J connectivity index is 2.58. The molecule has 1 aromatic heterocycles. The van der Waals surface area contributed by atoms with Gasteiger partial charge in [0.1, 0.15) is 0 Å². The molecule has 1 aromatic rings. The molecular formula is C10H14F5N3O. The first-order valence-corrected chi connectivity index (χ1v) is 5.65. The molecular weight excluding hydrogens is 273 g/mol. The number of nitrogens with zero attached hydrogens (tertiary/aromatic N) is 2. The van der Waals surface area contributed by atoms with Gasteiger partial charge in [0, 0.05) is 12.5 Å². The first-order valence-electron chi connectivity index (χ1n) is 5.65. The number of rotatable bonds is 6. The van der Waals surface area contributed by atoms with Gasteiger partial charge in [-0.2, -0.15) is 22.0 Å². The quantitative estimate of drug-likeness (QED) is 0.645. The average Bonchev–Trinajstić information content (AvgIpc) is 2.71. The summed E-state index contributed by atoms with van der Waals surface area (Å²) in [6.07, 6.45) is -5.10. The first-order chi connectivity index (χ1) is 8.64. The van der Waals surface area contributed by atoms with Gasteiger partial charge in [0.15, 0.2) is 0 Å². The number of hydrogen-bond donors (Lipinski definition) is 1. The van der Waals surface area contributed by atoms with E-state index in [9.17, 15) is 22.0 Å². The molecule has 0 aliphatic heterocycles. The summed E-state index contributed by atoms with van der Waals surface area (Å²) in [5.74, 6) is -7.06. The zero-order valence-corrected chi connectivity index (χ0v) is 10.4. The number of nitrogens with one attached hydrogen (secondary N) is 1. The highest BCUT2D eigenvalue weighted by Gasteiger charge is 2.62. The van der Waals surface area contributed by atoms with Crippen molar-refractivity contribution in [3.05, 3.63) is 11.8 Å². The molecule has 0 amide bonds. The highest BCUT2D eigenvalue weighted by atomic mass is 19.4. The Labute approximate surface area is 106 Å². The van der Waals surface area contributed by atoms with E-state index in [1.54, 1.807) is 0 Å². The lowest BCUT2D eigenvalue weighted by Gasteiger charge is -2.14. The molecule has 0 fully saturated rings. The molecule has 0 unspecified atom stereocenters. The van der Waals surface area contributed by atoms with Crippen LogP contribution in [0.5, 0.6) is 0 Å². The summed E-state index contributed by atoms with van der Waals surface area (Å²) in [5, 5.41) is 9.01. The molecule has 0 radical (unpaired) electrons. The summed E-state index contributed by atoms with van der Waals surface area (Å²) in [6, 6.07) is 0.257. The molecule has 9 heteroatoms. The zero-order valence-electron chi connectivity index (χ0n) is 10.4. The Bertz CT molecular complexity index is 402. The van der Waals surface area contributed by atoms with Gasteiger partial charge < -0.3 is 9.73 Å². The maximum absolute atomic E-state index is 12.8. The SMILES string of the molecule is CC(C)NCCCc1nnc(C(F)(F)C(F)(F)F)o1. The van der Waals surface area contributed by atoms with Gasteiger partial charge in [0.2, 0.25) is 5.89 Å². The Morgan fingerprint density at radius 1 is 1.16 bits per heavy atom. The highest BCUT2D eigenvalue weighted by Crippen LogP contribution is 2.43. The predicted octanol–water partition coefficient (Wildman–Crippen LogP) is 2.65. The molecule has 1 rings (SSSR count). The van der Waals surface area contributed by atoms with E-state index >= 15 is 0 Å². The summed E-state index contributed by atoms with van der Waals surface area (Å²) in [4.78, 5) is 0. The average molecular weight is 287 g/mol. The molecule has 0 bridgehead atoms.